The molecule has 1 aliphatic carbocycles. The number of benzene rings is 3. The van der Waals surface area contributed by atoms with Crippen molar-refractivity contribution in [3.05, 3.63) is 89.3 Å². The van der Waals surface area contributed by atoms with Gasteiger partial charge in [0.2, 0.25) is 0 Å². The molecular weight excluding hydrogens is 731 g/mol. The SMILES string of the molecule is CC(C)CC(=O)/C=C(\O)CC(C)C.Cc1ccc2c(c1)-c1cc(CC(C)C)c[c-]c1-c1nccc3cc(CC(C)C)cc-2c13.[Ir]. The summed E-state index contributed by atoms with van der Waals surface area (Å²) in [5, 5.41) is 11.9. The van der Waals surface area contributed by atoms with Gasteiger partial charge in [0.15, 0.2) is 5.78 Å². The van der Waals surface area contributed by atoms with Crippen LogP contribution in [-0.2, 0) is 37.7 Å². The molecule has 241 valence electrons. The largest absolute Gasteiger partial charge is 0.512 e. The van der Waals surface area contributed by atoms with Gasteiger partial charge in [0.05, 0.1) is 5.76 Å². The number of aliphatic hydroxyl groups is 1. The van der Waals surface area contributed by atoms with E-state index >= 15 is 0 Å². The zero-order valence-electron chi connectivity index (χ0n) is 28.5. The van der Waals surface area contributed by atoms with Crippen molar-refractivity contribution in [2.75, 3.05) is 0 Å². The van der Waals surface area contributed by atoms with E-state index in [1.165, 1.54) is 55.8 Å². The minimum absolute atomic E-state index is 0. The van der Waals surface area contributed by atoms with Gasteiger partial charge in [0, 0.05) is 45.2 Å². The summed E-state index contributed by atoms with van der Waals surface area (Å²) in [6.45, 7) is 19.3. The number of hydrogen-bond acceptors (Lipinski definition) is 3. The summed E-state index contributed by atoms with van der Waals surface area (Å²) in [6.07, 6.45) is 6.57. The van der Waals surface area contributed by atoms with E-state index in [1.54, 1.807) is 0 Å². The molecule has 45 heavy (non-hydrogen) atoms. The van der Waals surface area contributed by atoms with Gasteiger partial charge in [0.1, 0.15) is 0 Å². The molecule has 0 saturated carbocycles. The Morgan fingerprint density at radius 3 is 2.07 bits per heavy atom. The van der Waals surface area contributed by atoms with Crippen molar-refractivity contribution in [1.29, 1.82) is 0 Å². The van der Waals surface area contributed by atoms with E-state index < -0.39 is 0 Å². The molecule has 0 aliphatic heterocycles. The second kappa shape index (κ2) is 16.0. The number of aromatic nitrogens is 1. The molecule has 0 atom stereocenters. The Hall–Kier alpha value is -3.07. The molecule has 4 aromatic rings. The first-order valence-corrected chi connectivity index (χ1v) is 16.3. The van der Waals surface area contributed by atoms with Crippen molar-refractivity contribution >= 4 is 16.6 Å². The quantitative estimate of drug-likeness (QED) is 0.0921. The number of carbonyl (C=O) groups is 1. The Morgan fingerprint density at radius 2 is 1.42 bits per heavy atom. The van der Waals surface area contributed by atoms with Crippen LogP contribution in [0.4, 0.5) is 0 Å². The van der Waals surface area contributed by atoms with Crippen LogP contribution in [0.25, 0.3) is 44.3 Å². The molecule has 3 nitrogen and oxygen atoms in total. The van der Waals surface area contributed by atoms with Crippen LogP contribution in [0, 0.1) is 36.7 Å². The number of carbonyl (C=O) groups excluding carboxylic acids is 1. The van der Waals surface area contributed by atoms with Crippen LogP contribution in [0.2, 0.25) is 0 Å². The van der Waals surface area contributed by atoms with Gasteiger partial charge in [-0.15, -0.1) is 29.3 Å². The molecule has 0 unspecified atom stereocenters. The van der Waals surface area contributed by atoms with Crippen molar-refractivity contribution in [2.45, 2.75) is 88.0 Å². The summed E-state index contributed by atoms with van der Waals surface area (Å²) in [7, 11) is 0. The normalized spacial score (nSPS) is 12.1. The molecule has 1 aromatic heterocycles. The number of ketones is 1. The van der Waals surface area contributed by atoms with Gasteiger partial charge in [-0.3, -0.25) is 4.79 Å². The number of pyridine rings is 1. The van der Waals surface area contributed by atoms with Crippen molar-refractivity contribution in [1.82, 2.24) is 4.98 Å². The maximum atomic E-state index is 11.2. The number of nitrogens with zero attached hydrogens (tertiary/aromatic N) is 1. The summed E-state index contributed by atoms with van der Waals surface area (Å²) in [5.74, 6) is 2.22. The third-order valence-electron chi connectivity index (χ3n) is 7.76. The Labute approximate surface area is 284 Å². The molecule has 3 aromatic carbocycles. The van der Waals surface area contributed by atoms with Gasteiger partial charge in [-0.25, -0.2) is 0 Å². The van der Waals surface area contributed by atoms with Crippen molar-refractivity contribution < 1.29 is 30.0 Å². The summed E-state index contributed by atoms with van der Waals surface area (Å²) >= 11 is 0. The summed E-state index contributed by atoms with van der Waals surface area (Å²) in [6, 6.07) is 22.0. The predicted molar refractivity (Wildman–Crippen MR) is 187 cm³/mol. The topological polar surface area (TPSA) is 50.2 Å². The molecule has 1 heterocycles. The van der Waals surface area contributed by atoms with E-state index in [-0.39, 0.29) is 31.6 Å². The van der Waals surface area contributed by atoms with E-state index in [9.17, 15) is 9.90 Å². The minimum atomic E-state index is 0. The number of allylic oxidation sites excluding steroid dienone is 2. The molecular formula is C41H50IrNO2-. The van der Waals surface area contributed by atoms with Crippen LogP contribution >= 0.6 is 0 Å². The van der Waals surface area contributed by atoms with Gasteiger partial charge in [-0.2, -0.15) is 0 Å². The summed E-state index contributed by atoms with van der Waals surface area (Å²) in [5.41, 5.74) is 11.4. The number of aliphatic hydroxyl groups excluding tert-OH is 1. The summed E-state index contributed by atoms with van der Waals surface area (Å²) in [4.78, 5) is 16.1. The molecule has 0 amide bonds. The second-order valence-corrected chi connectivity index (χ2v) is 14.2. The van der Waals surface area contributed by atoms with E-state index in [4.69, 9.17) is 4.98 Å². The average molecular weight is 781 g/mol. The summed E-state index contributed by atoms with van der Waals surface area (Å²) < 4.78 is 0. The van der Waals surface area contributed by atoms with Crippen LogP contribution in [0.1, 0.15) is 84.9 Å². The Kier molecular flexibility index (Phi) is 12.9. The smallest absolute Gasteiger partial charge is 0.159 e. The Balaban J connectivity index is 0.000000338. The second-order valence-electron chi connectivity index (χ2n) is 14.2. The van der Waals surface area contributed by atoms with E-state index in [0.717, 1.165) is 24.1 Å². The van der Waals surface area contributed by atoms with Gasteiger partial charge in [-0.1, -0.05) is 115 Å². The van der Waals surface area contributed by atoms with Gasteiger partial charge < -0.3 is 10.1 Å². The van der Waals surface area contributed by atoms with Gasteiger partial charge in [0.25, 0.3) is 0 Å². The molecule has 4 heteroatoms. The molecule has 5 rings (SSSR count). The molecule has 0 spiro atoms. The molecule has 1 radical (unpaired) electrons. The zero-order chi connectivity index (χ0) is 32.1. The van der Waals surface area contributed by atoms with E-state index in [1.807, 2.05) is 33.9 Å². The van der Waals surface area contributed by atoms with Crippen molar-refractivity contribution in [3.8, 4) is 33.5 Å². The fourth-order valence-electron chi connectivity index (χ4n) is 6.15. The number of fused-ring (bicyclic) bond motifs is 5. The molecule has 0 fully saturated rings. The van der Waals surface area contributed by atoms with E-state index in [0.29, 0.717) is 36.5 Å². The van der Waals surface area contributed by atoms with Crippen LogP contribution in [0.3, 0.4) is 0 Å². The van der Waals surface area contributed by atoms with Crippen LogP contribution in [-0.4, -0.2) is 15.9 Å². The minimum Gasteiger partial charge on any atom is -0.512 e. The van der Waals surface area contributed by atoms with Crippen molar-refractivity contribution in [3.63, 3.8) is 0 Å². The first-order chi connectivity index (χ1) is 20.8. The average Bonchev–Trinajstić information content (AvgIpc) is 3.01. The first kappa shape index (κ1) is 36.4. The van der Waals surface area contributed by atoms with Gasteiger partial charge in [-0.05, 0) is 70.3 Å². The third-order valence-corrected chi connectivity index (χ3v) is 7.76. The maximum Gasteiger partial charge on any atom is 0.159 e. The Morgan fingerprint density at radius 1 is 0.778 bits per heavy atom. The third kappa shape index (κ3) is 9.47. The van der Waals surface area contributed by atoms with Gasteiger partial charge >= 0.3 is 0 Å². The maximum absolute atomic E-state index is 11.2. The zero-order valence-corrected chi connectivity index (χ0v) is 30.9. The van der Waals surface area contributed by atoms with E-state index in [2.05, 4.69) is 89.2 Å². The Bertz CT molecular complexity index is 1660. The monoisotopic (exact) mass is 781 g/mol. The van der Waals surface area contributed by atoms with Crippen LogP contribution < -0.4 is 0 Å². The molecule has 0 saturated heterocycles. The number of rotatable bonds is 9. The fraction of sp³-hybridized carbons (Fsp3) is 0.415. The fourth-order valence-corrected chi connectivity index (χ4v) is 6.15. The number of aryl methyl sites for hydroxylation is 1. The first-order valence-electron chi connectivity index (χ1n) is 16.3. The predicted octanol–water partition coefficient (Wildman–Crippen LogP) is 11.1. The molecule has 0 bridgehead atoms. The molecule has 1 N–H and O–H groups in total. The van der Waals surface area contributed by atoms with Crippen LogP contribution in [0.15, 0.2) is 66.6 Å². The standard InChI is InChI=1S/C30H30N.C11H20O2.Ir/c1-18(2)12-21-7-9-25-27(16-21)26-14-20(5)6-8-24(26)28-17-22(13-19(3)4)15-23-10-11-31-30(25)29(23)28;1-8(2)5-10(12)7-11(13)6-9(3)4;/h6-8,10-11,14-19H,12-13H2,1-5H3;7-9,12H,5-6H2,1-4H3;/q-1;;/b;10-7-;. The van der Waals surface area contributed by atoms with Crippen LogP contribution in [0.5, 0.6) is 0 Å². The molecule has 1 aliphatic rings. The van der Waals surface area contributed by atoms with Crippen molar-refractivity contribution in [2.24, 2.45) is 23.7 Å². The number of hydrogen-bond donors (Lipinski definition) is 1.